The predicted molar refractivity (Wildman–Crippen MR) is 35.2 cm³/mol. The third kappa shape index (κ3) is 8.00. The largest absolute Gasteiger partial charge is 0.556 e. The molecule has 0 amide bonds. The molecule has 0 aromatic carbocycles. The van der Waals surface area contributed by atoms with Crippen molar-refractivity contribution in [2.24, 2.45) is 10.6 Å². The molecule has 0 bridgehead atoms. The highest BCUT2D eigenvalue weighted by atomic mass is 16.9. The summed E-state index contributed by atoms with van der Waals surface area (Å²) in [7, 11) is 2.87. The predicted octanol–water partition coefficient (Wildman–Crippen LogP) is 0.593. The molecule has 0 rings (SSSR count). The summed E-state index contributed by atoms with van der Waals surface area (Å²) < 4.78 is 0. The van der Waals surface area contributed by atoms with Gasteiger partial charge in [0.1, 0.15) is 0 Å². The maximum absolute atomic E-state index is 10.5. The van der Waals surface area contributed by atoms with Crippen LogP contribution in [0.25, 0.3) is 0 Å². The highest BCUT2D eigenvalue weighted by molar-refractivity contribution is 5.59. The Morgan fingerprint density at radius 3 is 2.23 bits per heavy atom. The average molecular weight is 193 g/mol. The lowest BCUT2D eigenvalue weighted by atomic mass is 11.2. The van der Waals surface area contributed by atoms with Crippen LogP contribution in [0.3, 0.4) is 0 Å². The van der Waals surface area contributed by atoms with E-state index in [1.807, 2.05) is 0 Å². The molecule has 0 saturated heterocycles. The summed E-state index contributed by atoms with van der Waals surface area (Å²) in [5.74, 6) is 0. The lowest BCUT2D eigenvalue weighted by Crippen LogP contribution is -2.17. The normalized spacial score (nSPS) is 10.1. The van der Waals surface area contributed by atoms with E-state index in [0.717, 1.165) is 5.06 Å². The van der Waals surface area contributed by atoms with Crippen LogP contribution in [0.5, 0.6) is 0 Å². The quantitative estimate of drug-likeness (QED) is 0.515. The number of carboxylic acid groups (broad SMARTS) is 1. The molecule has 0 aliphatic heterocycles. The molecule has 74 valence electrons. The van der Waals surface area contributed by atoms with Gasteiger partial charge in [-0.1, -0.05) is 0 Å². The van der Waals surface area contributed by atoms with E-state index in [1.54, 1.807) is 0 Å². The SMILES string of the molecule is CN(C)OC(=O)ON=NOC(=O)O. The van der Waals surface area contributed by atoms with Crippen molar-refractivity contribution in [2.45, 2.75) is 0 Å². The Bertz CT molecular complexity index is 214. The smallest absolute Gasteiger partial charge is 0.448 e. The fourth-order valence-corrected chi connectivity index (χ4v) is 0.267. The first-order valence-corrected chi connectivity index (χ1v) is 2.89. The highest BCUT2D eigenvalue weighted by Crippen LogP contribution is 1.89. The van der Waals surface area contributed by atoms with E-state index >= 15 is 0 Å². The highest BCUT2D eigenvalue weighted by Gasteiger charge is 2.05. The van der Waals surface area contributed by atoms with Crippen molar-refractivity contribution in [1.82, 2.24) is 5.06 Å². The Morgan fingerprint density at radius 2 is 1.77 bits per heavy atom. The monoisotopic (exact) mass is 193 g/mol. The molecule has 0 radical (unpaired) electrons. The summed E-state index contributed by atoms with van der Waals surface area (Å²) in [6, 6.07) is 0. The zero-order valence-electron chi connectivity index (χ0n) is 6.83. The number of rotatable bonds is 3. The van der Waals surface area contributed by atoms with Gasteiger partial charge in [0.05, 0.1) is 10.6 Å². The lowest BCUT2D eigenvalue weighted by molar-refractivity contribution is -0.0963. The van der Waals surface area contributed by atoms with Crippen LogP contribution in [0.1, 0.15) is 0 Å². The molecule has 0 spiro atoms. The minimum Gasteiger partial charge on any atom is -0.448 e. The van der Waals surface area contributed by atoms with Crippen molar-refractivity contribution in [2.75, 3.05) is 14.1 Å². The molecular formula is C4H7N3O6. The van der Waals surface area contributed by atoms with Gasteiger partial charge in [0, 0.05) is 14.1 Å². The van der Waals surface area contributed by atoms with E-state index in [1.165, 1.54) is 14.1 Å². The number of carbonyl (C=O) groups is 2. The van der Waals surface area contributed by atoms with E-state index in [-0.39, 0.29) is 0 Å². The lowest BCUT2D eigenvalue weighted by Gasteiger charge is -2.05. The number of hydrogen-bond acceptors (Lipinski definition) is 8. The summed E-state index contributed by atoms with van der Waals surface area (Å²) >= 11 is 0. The topological polar surface area (TPSA) is 110 Å². The molecule has 0 aromatic heterocycles. The third-order valence-electron chi connectivity index (χ3n) is 0.525. The Balaban J connectivity index is 3.57. The van der Waals surface area contributed by atoms with Gasteiger partial charge in [0.2, 0.25) is 0 Å². The van der Waals surface area contributed by atoms with Crippen molar-refractivity contribution in [3.8, 4) is 0 Å². The van der Waals surface area contributed by atoms with E-state index < -0.39 is 12.3 Å². The number of carbonyl (C=O) groups excluding carboxylic acids is 1. The summed E-state index contributed by atoms with van der Waals surface area (Å²) in [5, 5.41) is 14.0. The van der Waals surface area contributed by atoms with Gasteiger partial charge in [-0.05, 0) is 0 Å². The van der Waals surface area contributed by atoms with Gasteiger partial charge < -0.3 is 9.94 Å². The van der Waals surface area contributed by atoms with Crippen LogP contribution >= 0.6 is 0 Å². The summed E-state index contributed by atoms with van der Waals surface area (Å²) in [5.41, 5.74) is 0. The fraction of sp³-hybridized carbons (Fsp3) is 0.500. The van der Waals surface area contributed by atoms with Crippen LogP contribution in [-0.2, 0) is 14.5 Å². The van der Waals surface area contributed by atoms with Crippen molar-refractivity contribution < 1.29 is 29.2 Å². The minimum absolute atomic E-state index is 1.05. The first kappa shape index (κ1) is 11.1. The first-order valence-electron chi connectivity index (χ1n) is 2.89. The molecule has 0 aliphatic rings. The third-order valence-corrected chi connectivity index (χ3v) is 0.525. The van der Waals surface area contributed by atoms with Crippen molar-refractivity contribution in [1.29, 1.82) is 0 Å². The molecule has 0 fully saturated rings. The van der Waals surface area contributed by atoms with Gasteiger partial charge in [0.15, 0.2) is 0 Å². The van der Waals surface area contributed by atoms with Crippen LogP contribution in [0, 0.1) is 0 Å². The average Bonchev–Trinajstić information content (AvgIpc) is 1.96. The second kappa shape index (κ2) is 5.71. The van der Waals surface area contributed by atoms with Crippen molar-refractivity contribution in [3.63, 3.8) is 0 Å². The Labute approximate surface area is 72.4 Å². The zero-order valence-corrected chi connectivity index (χ0v) is 6.83. The fourth-order valence-electron chi connectivity index (χ4n) is 0.267. The molecular weight excluding hydrogens is 186 g/mol. The number of hydroxylamine groups is 2. The molecule has 1 N–H and O–H groups in total. The van der Waals surface area contributed by atoms with E-state index in [2.05, 4.69) is 25.1 Å². The van der Waals surface area contributed by atoms with E-state index in [9.17, 15) is 9.59 Å². The summed E-state index contributed by atoms with van der Waals surface area (Å²) in [6.45, 7) is 0. The summed E-state index contributed by atoms with van der Waals surface area (Å²) in [6.07, 6.45) is -2.84. The van der Waals surface area contributed by atoms with Crippen LogP contribution in [0.4, 0.5) is 9.59 Å². The van der Waals surface area contributed by atoms with Gasteiger partial charge in [0.25, 0.3) is 0 Å². The van der Waals surface area contributed by atoms with E-state index in [4.69, 9.17) is 5.11 Å². The summed E-state index contributed by atoms with van der Waals surface area (Å²) in [4.78, 5) is 31.8. The van der Waals surface area contributed by atoms with Crippen LogP contribution < -0.4 is 0 Å². The number of nitrogens with zero attached hydrogens (tertiary/aromatic N) is 3. The van der Waals surface area contributed by atoms with Crippen LogP contribution in [-0.4, -0.2) is 36.6 Å². The maximum Gasteiger partial charge on any atom is 0.556 e. The molecule has 0 aliphatic carbocycles. The Morgan fingerprint density at radius 1 is 1.23 bits per heavy atom. The van der Waals surface area contributed by atoms with Gasteiger partial charge in [-0.3, -0.25) is 9.68 Å². The van der Waals surface area contributed by atoms with Crippen LogP contribution in [0.15, 0.2) is 10.6 Å². The molecule has 0 heterocycles. The van der Waals surface area contributed by atoms with Crippen LogP contribution in [0.2, 0.25) is 0 Å². The maximum atomic E-state index is 10.5. The van der Waals surface area contributed by atoms with Gasteiger partial charge in [-0.2, -0.15) is 4.79 Å². The number of hydrogen-bond donors (Lipinski definition) is 1. The zero-order chi connectivity index (χ0) is 10.3. The van der Waals surface area contributed by atoms with Gasteiger partial charge in [-0.25, -0.2) is 4.79 Å². The Hall–Kier alpha value is -1.90. The molecule has 0 atom stereocenters. The van der Waals surface area contributed by atoms with Gasteiger partial charge in [-0.15, -0.1) is 5.06 Å². The standard InChI is InChI=1S/C4H7N3O6/c1-7(2)13-4(10)12-6-5-11-3(8)9/h1-2H3,(H,8,9). The second-order valence-corrected chi connectivity index (χ2v) is 1.77. The molecule has 0 saturated carbocycles. The van der Waals surface area contributed by atoms with Crippen molar-refractivity contribution in [3.05, 3.63) is 0 Å². The first-order chi connectivity index (χ1) is 6.02. The van der Waals surface area contributed by atoms with Gasteiger partial charge >= 0.3 is 12.3 Å². The van der Waals surface area contributed by atoms with E-state index in [0.29, 0.717) is 0 Å². The molecule has 0 unspecified atom stereocenters. The Kier molecular flexibility index (Phi) is 4.88. The second-order valence-electron chi connectivity index (χ2n) is 1.77. The van der Waals surface area contributed by atoms with Crippen molar-refractivity contribution >= 4 is 12.3 Å². The molecule has 9 nitrogen and oxygen atoms in total. The molecule has 0 aromatic rings. The molecule has 9 heteroatoms. The minimum atomic E-state index is -1.67. The molecule has 13 heavy (non-hydrogen) atoms.